The molecule has 3 rings (SSSR count). The maximum atomic E-state index is 5.93. The van der Waals surface area contributed by atoms with E-state index in [4.69, 9.17) is 4.74 Å². The zero-order valence-electron chi connectivity index (χ0n) is 17.2. The molecule has 0 radical (unpaired) electrons. The van der Waals surface area contributed by atoms with Crippen LogP contribution in [-0.2, 0) is 0 Å². The lowest BCUT2D eigenvalue weighted by Gasteiger charge is -2.13. The summed E-state index contributed by atoms with van der Waals surface area (Å²) in [7, 11) is 0. The van der Waals surface area contributed by atoms with Crippen LogP contribution in [0.3, 0.4) is 0 Å². The first kappa shape index (κ1) is 20.2. The van der Waals surface area contributed by atoms with Gasteiger partial charge in [0.25, 0.3) is 0 Å². The highest BCUT2D eigenvalue weighted by molar-refractivity contribution is 5.93. The maximum Gasteiger partial charge on any atom is 0.121 e. The Labute approximate surface area is 168 Å². The highest BCUT2D eigenvalue weighted by atomic mass is 16.5. The molecule has 0 aliphatic rings. The third kappa shape index (κ3) is 5.96. The number of aromatic nitrogens is 1. The Balaban J connectivity index is 1.56. The summed E-state index contributed by atoms with van der Waals surface area (Å²) in [5.41, 5.74) is 4.08. The molecule has 1 aromatic heterocycles. The van der Waals surface area contributed by atoms with E-state index in [2.05, 4.69) is 53.7 Å². The molecule has 0 amide bonds. The minimum atomic E-state index is 0.718. The number of hydrogen-bond donors (Lipinski definition) is 2. The van der Waals surface area contributed by atoms with Crippen LogP contribution >= 0.6 is 0 Å². The van der Waals surface area contributed by atoms with Crippen LogP contribution in [0.5, 0.6) is 5.75 Å². The first-order valence-electron chi connectivity index (χ1n) is 10.2. The predicted octanol–water partition coefficient (Wildman–Crippen LogP) is 5.69. The summed E-state index contributed by atoms with van der Waals surface area (Å²) in [5, 5.41) is 8.11. The van der Waals surface area contributed by atoms with Gasteiger partial charge in [0.2, 0.25) is 0 Å². The van der Waals surface area contributed by atoms with E-state index < -0.39 is 0 Å². The van der Waals surface area contributed by atoms with Gasteiger partial charge in [0.05, 0.1) is 12.1 Å². The summed E-state index contributed by atoms with van der Waals surface area (Å²) in [6.45, 7) is 9.31. The topological polar surface area (TPSA) is 46.2 Å². The van der Waals surface area contributed by atoms with Crippen molar-refractivity contribution in [2.75, 3.05) is 25.0 Å². The highest BCUT2D eigenvalue weighted by Gasteiger charge is 2.05. The first-order valence-corrected chi connectivity index (χ1v) is 10.2. The largest absolute Gasteiger partial charge is 0.493 e. The van der Waals surface area contributed by atoms with Crippen LogP contribution in [0.4, 0.5) is 11.4 Å². The van der Waals surface area contributed by atoms with Gasteiger partial charge in [-0.1, -0.05) is 38.1 Å². The number of benzene rings is 2. The Morgan fingerprint density at radius 1 is 1.00 bits per heavy atom. The third-order valence-electron chi connectivity index (χ3n) is 4.62. The molecule has 28 heavy (non-hydrogen) atoms. The SMILES string of the molecule is Cc1cc(Nc2cccc(OCCCNCCC(C)C)c2)c2ccccc2n1. The fourth-order valence-electron chi connectivity index (χ4n) is 3.13. The number of pyridine rings is 1. The summed E-state index contributed by atoms with van der Waals surface area (Å²) in [6.07, 6.45) is 2.22. The second kappa shape index (κ2) is 10.1. The van der Waals surface area contributed by atoms with Crippen molar-refractivity contribution in [3.8, 4) is 5.75 Å². The average Bonchev–Trinajstić information content (AvgIpc) is 2.67. The fourth-order valence-corrected chi connectivity index (χ4v) is 3.13. The number of rotatable bonds is 10. The van der Waals surface area contributed by atoms with Crippen molar-refractivity contribution >= 4 is 22.3 Å². The van der Waals surface area contributed by atoms with Gasteiger partial charge in [-0.05, 0) is 63.0 Å². The van der Waals surface area contributed by atoms with Crippen LogP contribution in [0.15, 0.2) is 54.6 Å². The van der Waals surface area contributed by atoms with Crippen molar-refractivity contribution in [1.82, 2.24) is 10.3 Å². The zero-order valence-corrected chi connectivity index (χ0v) is 17.2. The molecular formula is C24H31N3O. The Morgan fingerprint density at radius 2 is 1.86 bits per heavy atom. The van der Waals surface area contributed by atoms with Gasteiger partial charge < -0.3 is 15.4 Å². The van der Waals surface area contributed by atoms with Gasteiger partial charge in [0, 0.05) is 28.5 Å². The molecule has 0 aliphatic heterocycles. The van der Waals surface area contributed by atoms with E-state index >= 15 is 0 Å². The number of hydrogen-bond acceptors (Lipinski definition) is 4. The van der Waals surface area contributed by atoms with Crippen LogP contribution in [0.2, 0.25) is 0 Å². The summed E-state index contributed by atoms with van der Waals surface area (Å²) in [4.78, 5) is 4.61. The van der Waals surface area contributed by atoms with E-state index in [1.54, 1.807) is 0 Å². The van der Waals surface area contributed by atoms with E-state index in [9.17, 15) is 0 Å². The number of fused-ring (bicyclic) bond motifs is 1. The first-order chi connectivity index (χ1) is 13.6. The van der Waals surface area contributed by atoms with Crippen molar-refractivity contribution < 1.29 is 4.74 Å². The van der Waals surface area contributed by atoms with Crippen molar-refractivity contribution in [3.63, 3.8) is 0 Å². The molecule has 4 heteroatoms. The third-order valence-corrected chi connectivity index (χ3v) is 4.62. The number of anilines is 2. The van der Waals surface area contributed by atoms with Gasteiger partial charge in [-0.25, -0.2) is 0 Å². The second-order valence-corrected chi connectivity index (χ2v) is 7.62. The van der Waals surface area contributed by atoms with E-state index in [1.807, 2.05) is 37.3 Å². The molecular weight excluding hydrogens is 346 g/mol. The molecule has 0 bridgehead atoms. The van der Waals surface area contributed by atoms with E-state index in [-0.39, 0.29) is 0 Å². The monoisotopic (exact) mass is 377 g/mol. The average molecular weight is 378 g/mol. The van der Waals surface area contributed by atoms with Crippen LogP contribution in [0.25, 0.3) is 10.9 Å². The molecule has 0 unspecified atom stereocenters. The summed E-state index contributed by atoms with van der Waals surface area (Å²) >= 11 is 0. The van der Waals surface area contributed by atoms with E-state index in [0.717, 1.165) is 65.8 Å². The molecule has 0 atom stereocenters. The van der Waals surface area contributed by atoms with Crippen LogP contribution in [0.1, 0.15) is 32.4 Å². The fraction of sp³-hybridized carbons (Fsp3) is 0.375. The number of nitrogens with one attached hydrogen (secondary N) is 2. The number of ether oxygens (including phenoxy) is 1. The van der Waals surface area contributed by atoms with Crippen LogP contribution < -0.4 is 15.4 Å². The molecule has 0 saturated heterocycles. The van der Waals surface area contributed by atoms with E-state index in [0.29, 0.717) is 0 Å². The Hall–Kier alpha value is -2.59. The van der Waals surface area contributed by atoms with Crippen molar-refractivity contribution in [3.05, 3.63) is 60.3 Å². The Kier molecular flexibility index (Phi) is 7.26. The molecule has 2 aromatic carbocycles. The van der Waals surface area contributed by atoms with Crippen LogP contribution in [0, 0.1) is 12.8 Å². The number of aryl methyl sites for hydroxylation is 1. The Morgan fingerprint density at radius 3 is 2.71 bits per heavy atom. The molecule has 3 aromatic rings. The molecule has 148 valence electrons. The molecule has 2 N–H and O–H groups in total. The minimum absolute atomic E-state index is 0.718. The summed E-state index contributed by atoms with van der Waals surface area (Å²) in [6, 6.07) is 18.4. The zero-order chi connectivity index (χ0) is 19.8. The second-order valence-electron chi connectivity index (χ2n) is 7.62. The molecule has 0 fully saturated rings. The van der Waals surface area contributed by atoms with Gasteiger partial charge in [0.1, 0.15) is 5.75 Å². The lowest BCUT2D eigenvalue weighted by molar-refractivity contribution is 0.308. The minimum Gasteiger partial charge on any atom is -0.493 e. The standard InChI is InChI=1S/C24H31N3O/c1-18(2)12-14-25-13-7-15-28-21-9-6-8-20(17-21)27-24-16-19(3)26-23-11-5-4-10-22(23)24/h4-6,8-11,16-18,25H,7,12-15H2,1-3H3,(H,26,27). The van der Waals surface area contributed by atoms with Crippen molar-refractivity contribution in [1.29, 1.82) is 0 Å². The van der Waals surface area contributed by atoms with Gasteiger partial charge in [0.15, 0.2) is 0 Å². The highest BCUT2D eigenvalue weighted by Crippen LogP contribution is 2.27. The molecule has 0 aliphatic carbocycles. The van der Waals surface area contributed by atoms with Gasteiger partial charge in [-0.15, -0.1) is 0 Å². The summed E-state index contributed by atoms with van der Waals surface area (Å²) in [5.74, 6) is 1.64. The molecule has 1 heterocycles. The summed E-state index contributed by atoms with van der Waals surface area (Å²) < 4.78 is 5.93. The van der Waals surface area contributed by atoms with Gasteiger partial charge >= 0.3 is 0 Å². The maximum absolute atomic E-state index is 5.93. The molecule has 4 nitrogen and oxygen atoms in total. The predicted molar refractivity (Wildman–Crippen MR) is 119 cm³/mol. The normalized spacial score (nSPS) is 11.1. The Bertz CT molecular complexity index is 892. The smallest absolute Gasteiger partial charge is 0.121 e. The molecule has 0 saturated carbocycles. The molecule has 0 spiro atoms. The lowest BCUT2D eigenvalue weighted by Crippen LogP contribution is -2.19. The van der Waals surface area contributed by atoms with Crippen molar-refractivity contribution in [2.45, 2.75) is 33.6 Å². The van der Waals surface area contributed by atoms with Crippen LogP contribution in [-0.4, -0.2) is 24.7 Å². The number of para-hydroxylation sites is 1. The number of nitrogens with zero attached hydrogens (tertiary/aromatic N) is 1. The van der Waals surface area contributed by atoms with Gasteiger partial charge in [-0.3, -0.25) is 4.98 Å². The van der Waals surface area contributed by atoms with Gasteiger partial charge in [-0.2, -0.15) is 0 Å². The quantitative estimate of drug-likeness (QED) is 0.446. The van der Waals surface area contributed by atoms with E-state index in [1.165, 1.54) is 6.42 Å². The van der Waals surface area contributed by atoms with Crippen molar-refractivity contribution in [2.24, 2.45) is 5.92 Å². The lowest BCUT2D eigenvalue weighted by atomic mass is 10.1.